The average molecular weight is 234 g/mol. The third-order valence-electron chi connectivity index (χ3n) is 1.78. The van der Waals surface area contributed by atoms with Crippen LogP contribution in [0, 0.1) is 11.5 Å². The van der Waals surface area contributed by atoms with Crippen molar-refractivity contribution in [3.63, 3.8) is 0 Å². The minimum atomic E-state index is 0.407. The summed E-state index contributed by atoms with van der Waals surface area (Å²) in [4.78, 5) is 12.1. The molecule has 0 radical (unpaired) electrons. The van der Waals surface area contributed by atoms with Crippen LogP contribution in [0.2, 0.25) is 0 Å². The first-order valence-corrected chi connectivity index (χ1v) is 5.06. The van der Waals surface area contributed by atoms with Gasteiger partial charge in [-0.15, -0.1) is 0 Å². The Morgan fingerprint density at radius 1 is 1.59 bits per heavy atom. The number of hydrogen-bond donors (Lipinski definition) is 2. The van der Waals surface area contributed by atoms with E-state index in [1.807, 2.05) is 0 Å². The molecular weight excluding hydrogens is 220 g/mol. The Labute approximate surface area is 99.6 Å². The second-order valence-electron chi connectivity index (χ2n) is 2.97. The van der Waals surface area contributed by atoms with Crippen molar-refractivity contribution >= 4 is 5.96 Å². The minimum Gasteiger partial charge on any atom is -0.373 e. The maximum atomic E-state index is 8.39. The van der Waals surface area contributed by atoms with E-state index in [0.29, 0.717) is 25.7 Å². The number of rotatable bonds is 5. The molecule has 1 aromatic rings. The van der Waals surface area contributed by atoms with Crippen LogP contribution in [0.15, 0.2) is 23.6 Å². The number of aromatic nitrogens is 2. The molecule has 90 valence electrons. The monoisotopic (exact) mass is 234 g/mol. The molecule has 0 amide bonds. The molecule has 0 unspecified atom stereocenters. The van der Waals surface area contributed by atoms with Crippen molar-refractivity contribution in [2.24, 2.45) is 4.99 Å². The molecule has 0 fully saturated rings. The van der Waals surface area contributed by atoms with Crippen molar-refractivity contribution in [3.05, 3.63) is 24.3 Å². The lowest BCUT2D eigenvalue weighted by molar-refractivity contribution is 0.125. The third kappa shape index (κ3) is 5.44. The van der Waals surface area contributed by atoms with Gasteiger partial charge >= 0.3 is 0 Å². The van der Waals surface area contributed by atoms with Gasteiger partial charge < -0.3 is 10.1 Å². The summed E-state index contributed by atoms with van der Waals surface area (Å²) in [5.74, 6) is 0.426. The van der Waals surface area contributed by atoms with Gasteiger partial charge in [-0.05, 0) is 0 Å². The lowest BCUT2D eigenvalue weighted by Gasteiger charge is -2.03. The second kappa shape index (κ2) is 8.01. The summed E-state index contributed by atoms with van der Waals surface area (Å²) in [5, 5.41) is 13.5. The van der Waals surface area contributed by atoms with E-state index in [-0.39, 0.29) is 0 Å². The molecule has 7 nitrogen and oxygen atoms in total. The zero-order valence-corrected chi connectivity index (χ0v) is 9.55. The van der Waals surface area contributed by atoms with Gasteiger partial charge in [0.15, 0.2) is 6.19 Å². The lowest BCUT2D eigenvalue weighted by atomic mass is 10.5. The standard InChI is InChI=1S/C10H14N6O/c1-12-10(16-8-11)15-4-5-17-7-9-6-13-2-3-14-9/h2-3,6H,4-5,7H2,1H3,(H2,12,15,16). The van der Waals surface area contributed by atoms with E-state index in [0.717, 1.165) is 5.69 Å². The van der Waals surface area contributed by atoms with Crippen molar-refractivity contribution in [2.45, 2.75) is 6.61 Å². The van der Waals surface area contributed by atoms with E-state index < -0.39 is 0 Å². The van der Waals surface area contributed by atoms with Crippen LogP contribution in [-0.2, 0) is 11.3 Å². The van der Waals surface area contributed by atoms with Gasteiger partial charge in [0.1, 0.15) is 0 Å². The van der Waals surface area contributed by atoms with Crippen LogP contribution in [0.3, 0.4) is 0 Å². The number of guanidine groups is 1. The molecule has 17 heavy (non-hydrogen) atoms. The van der Waals surface area contributed by atoms with Crippen LogP contribution in [0.5, 0.6) is 0 Å². The number of aliphatic imine (C=N–C) groups is 1. The fourth-order valence-electron chi connectivity index (χ4n) is 1.04. The number of ether oxygens (including phenoxy) is 1. The van der Waals surface area contributed by atoms with Gasteiger partial charge in [-0.3, -0.25) is 20.3 Å². The molecule has 0 saturated carbocycles. The number of nitrogens with zero attached hydrogens (tertiary/aromatic N) is 4. The van der Waals surface area contributed by atoms with E-state index in [4.69, 9.17) is 10.00 Å². The molecule has 0 aliphatic carbocycles. The number of nitriles is 1. The zero-order chi connectivity index (χ0) is 12.3. The Morgan fingerprint density at radius 2 is 2.47 bits per heavy atom. The Bertz CT molecular complexity index is 386. The Kier molecular flexibility index (Phi) is 6.06. The Balaban J connectivity index is 2.18. The first kappa shape index (κ1) is 12.9. The predicted octanol–water partition coefficient (Wildman–Crippen LogP) is -0.361. The fraction of sp³-hybridized carbons (Fsp3) is 0.400. The summed E-state index contributed by atoms with van der Waals surface area (Å²) in [6, 6.07) is 0. The topological polar surface area (TPSA) is 95.2 Å². The van der Waals surface area contributed by atoms with Crippen molar-refractivity contribution in [2.75, 3.05) is 20.2 Å². The van der Waals surface area contributed by atoms with Gasteiger partial charge in [0.2, 0.25) is 5.96 Å². The molecule has 0 aromatic carbocycles. The quantitative estimate of drug-likeness (QED) is 0.237. The highest BCUT2D eigenvalue weighted by molar-refractivity contribution is 5.80. The summed E-state index contributed by atoms with van der Waals surface area (Å²) in [6.45, 7) is 1.32. The summed E-state index contributed by atoms with van der Waals surface area (Å²) in [7, 11) is 1.68. The fourth-order valence-corrected chi connectivity index (χ4v) is 1.04. The van der Waals surface area contributed by atoms with Crippen LogP contribution in [0.4, 0.5) is 0 Å². The predicted molar refractivity (Wildman–Crippen MR) is 61.8 cm³/mol. The maximum absolute atomic E-state index is 8.39. The van der Waals surface area contributed by atoms with Gasteiger partial charge in [-0.25, -0.2) is 0 Å². The van der Waals surface area contributed by atoms with Crippen molar-refractivity contribution < 1.29 is 4.74 Å². The molecule has 2 N–H and O–H groups in total. The minimum absolute atomic E-state index is 0.407. The van der Waals surface area contributed by atoms with Gasteiger partial charge in [0.05, 0.1) is 31.6 Å². The van der Waals surface area contributed by atoms with Gasteiger partial charge in [-0.2, -0.15) is 5.26 Å². The van der Waals surface area contributed by atoms with Crippen LogP contribution >= 0.6 is 0 Å². The molecular formula is C10H14N6O. The summed E-state index contributed by atoms with van der Waals surface area (Å²) in [5.41, 5.74) is 0.778. The summed E-state index contributed by atoms with van der Waals surface area (Å²) >= 11 is 0. The molecule has 0 aliphatic heterocycles. The zero-order valence-electron chi connectivity index (χ0n) is 9.55. The second-order valence-corrected chi connectivity index (χ2v) is 2.97. The largest absolute Gasteiger partial charge is 0.373 e. The van der Waals surface area contributed by atoms with Crippen molar-refractivity contribution in [3.8, 4) is 6.19 Å². The molecule has 1 aromatic heterocycles. The van der Waals surface area contributed by atoms with Gasteiger partial charge in [0, 0.05) is 19.4 Å². The average Bonchev–Trinajstić information content (AvgIpc) is 2.38. The Hall–Kier alpha value is -2.20. The molecule has 0 aliphatic rings. The van der Waals surface area contributed by atoms with E-state index in [2.05, 4.69) is 25.6 Å². The van der Waals surface area contributed by atoms with Gasteiger partial charge in [0.25, 0.3) is 0 Å². The molecule has 0 atom stereocenters. The van der Waals surface area contributed by atoms with Crippen molar-refractivity contribution in [1.82, 2.24) is 20.6 Å². The summed E-state index contributed by atoms with van der Waals surface area (Å²) < 4.78 is 5.34. The third-order valence-corrected chi connectivity index (χ3v) is 1.78. The SMILES string of the molecule is CN/C(=N/CCOCc1cnccn1)NC#N. The normalized spacial score (nSPS) is 10.7. The highest BCUT2D eigenvalue weighted by Gasteiger charge is 1.94. The highest BCUT2D eigenvalue weighted by atomic mass is 16.5. The van der Waals surface area contributed by atoms with E-state index in [9.17, 15) is 0 Å². The smallest absolute Gasteiger partial charge is 0.204 e. The molecule has 1 rings (SSSR count). The van der Waals surface area contributed by atoms with Crippen LogP contribution in [0.1, 0.15) is 5.69 Å². The van der Waals surface area contributed by atoms with Crippen LogP contribution in [0.25, 0.3) is 0 Å². The van der Waals surface area contributed by atoms with Crippen molar-refractivity contribution in [1.29, 1.82) is 5.26 Å². The first-order valence-electron chi connectivity index (χ1n) is 5.06. The van der Waals surface area contributed by atoms with E-state index >= 15 is 0 Å². The number of nitrogens with one attached hydrogen (secondary N) is 2. The first-order chi connectivity index (χ1) is 8.36. The molecule has 0 saturated heterocycles. The molecule has 1 heterocycles. The molecule has 0 bridgehead atoms. The van der Waals surface area contributed by atoms with E-state index in [1.54, 1.807) is 31.8 Å². The Morgan fingerprint density at radius 3 is 3.12 bits per heavy atom. The van der Waals surface area contributed by atoms with E-state index in [1.165, 1.54) is 0 Å². The number of hydrogen-bond acceptors (Lipinski definition) is 5. The van der Waals surface area contributed by atoms with Crippen LogP contribution < -0.4 is 10.6 Å². The van der Waals surface area contributed by atoms with Crippen LogP contribution in [-0.4, -0.2) is 36.1 Å². The highest BCUT2D eigenvalue weighted by Crippen LogP contribution is 1.92. The maximum Gasteiger partial charge on any atom is 0.204 e. The lowest BCUT2D eigenvalue weighted by Crippen LogP contribution is -2.31. The molecule has 7 heteroatoms. The summed E-state index contributed by atoms with van der Waals surface area (Å²) in [6.07, 6.45) is 6.66. The molecule has 0 spiro atoms. The van der Waals surface area contributed by atoms with Gasteiger partial charge in [-0.1, -0.05) is 0 Å².